The van der Waals surface area contributed by atoms with E-state index in [0.29, 0.717) is 12.2 Å². The Labute approximate surface area is 142 Å². The van der Waals surface area contributed by atoms with Crippen molar-refractivity contribution in [3.05, 3.63) is 29.3 Å². The molecular formula is C18H24N2O4. The summed E-state index contributed by atoms with van der Waals surface area (Å²) in [4.78, 5) is 25.6. The zero-order valence-electron chi connectivity index (χ0n) is 14.4. The number of fused-ring (bicyclic) bond motifs is 1. The molecule has 0 radical (unpaired) electrons. The average molecular weight is 332 g/mol. The van der Waals surface area contributed by atoms with E-state index in [4.69, 9.17) is 9.47 Å². The van der Waals surface area contributed by atoms with Crippen LogP contribution in [0, 0.1) is 0 Å². The Morgan fingerprint density at radius 3 is 2.67 bits per heavy atom. The third-order valence-corrected chi connectivity index (χ3v) is 4.25. The van der Waals surface area contributed by atoms with E-state index in [1.165, 1.54) is 0 Å². The van der Waals surface area contributed by atoms with Gasteiger partial charge in [-0.1, -0.05) is 0 Å². The van der Waals surface area contributed by atoms with Crippen LogP contribution in [0.1, 0.15) is 49.5 Å². The molecule has 0 unspecified atom stereocenters. The number of nitrogens with zero attached hydrogens (tertiary/aromatic N) is 1. The van der Waals surface area contributed by atoms with Crippen molar-refractivity contribution in [3.8, 4) is 0 Å². The van der Waals surface area contributed by atoms with E-state index < -0.39 is 5.60 Å². The van der Waals surface area contributed by atoms with Crippen LogP contribution in [0.3, 0.4) is 0 Å². The van der Waals surface area contributed by atoms with Crippen LogP contribution in [0.25, 0.3) is 0 Å². The smallest absolute Gasteiger partial charge is 0.407 e. The minimum Gasteiger partial charge on any atom is -0.457 e. The van der Waals surface area contributed by atoms with Crippen LogP contribution < -0.4 is 10.2 Å². The number of carbonyl (C=O) groups excluding carboxylic acids is 2. The molecule has 1 N–H and O–H groups in total. The van der Waals surface area contributed by atoms with Gasteiger partial charge in [0.2, 0.25) is 0 Å². The fraction of sp³-hybridized carbons (Fsp3) is 0.556. The predicted octanol–water partition coefficient (Wildman–Crippen LogP) is 2.85. The number of hydrogen-bond donors (Lipinski definition) is 1. The second kappa shape index (κ2) is 6.34. The monoisotopic (exact) mass is 332 g/mol. The maximum absolute atomic E-state index is 11.8. The zero-order chi connectivity index (χ0) is 17.3. The molecule has 130 valence electrons. The molecule has 2 aliphatic heterocycles. The molecule has 1 aromatic carbocycles. The Morgan fingerprint density at radius 1 is 1.29 bits per heavy atom. The van der Waals surface area contributed by atoms with Gasteiger partial charge in [0.05, 0.1) is 5.56 Å². The molecule has 1 aromatic rings. The zero-order valence-corrected chi connectivity index (χ0v) is 14.4. The van der Waals surface area contributed by atoms with Crippen molar-refractivity contribution in [1.29, 1.82) is 0 Å². The Balaban J connectivity index is 1.54. The highest BCUT2D eigenvalue weighted by atomic mass is 16.6. The van der Waals surface area contributed by atoms with E-state index in [0.717, 1.165) is 37.2 Å². The number of benzene rings is 1. The number of rotatable bonds is 2. The Bertz CT molecular complexity index is 643. The standard InChI is InChI=1S/C18H24N2O4/c1-18(2,3)24-17(22)19-13-6-8-20(9-7-13)14-4-5-15-12(10-14)11-23-16(15)21/h4-5,10,13H,6-9,11H2,1-3H3,(H,19,22). The molecule has 24 heavy (non-hydrogen) atoms. The normalized spacial score (nSPS) is 18.1. The minimum atomic E-state index is -0.477. The topological polar surface area (TPSA) is 67.9 Å². The second-order valence-corrected chi connectivity index (χ2v) is 7.33. The third-order valence-electron chi connectivity index (χ3n) is 4.25. The van der Waals surface area contributed by atoms with Crippen molar-refractivity contribution >= 4 is 17.7 Å². The van der Waals surface area contributed by atoms with E-state index in [2.05, 4.69) is 10.2 Å². The van der Waals surface area contributed by atoms with Crippen molar-refractivity contribution < 1.29 is 19.1 Å². The van der Waals surface area contributed by atoms with Gasteiger partial charge in [-0.15, -0.1) is 0 Å². The first-order valence-corrected chi connectivity index (χ1v) is 8.36. The van der Waals surface area contributed by atoms with Gasteiger partial charge >= 0.3 is 12.1 Å². The lowest BCUT2D eigenvalue weighted by atomic mass is 10.0. The first-order chi connectivity index (χ1) is 11.3. The maximum Gasteiger partial charge on any atom is 0.407 e. The number of cyclic esters (lactones) is 1. The van der Waals surface area contributed by atoms with Crippen LogP contribution in [-0.4, -0.2) is 36.8 Å². The lowest BCUT2D eigenvalue weighted by Gasteiger charge is -2.34. The third kappa shape index (κ3) is 3.80. The van der Waals surface area contributed by atoms with Crippen LogP contribution in [0.2, 0.25) is 0 Å². The van der Waals surface area contributed by atoms with Gasteiger partial charge in [0.25, 0.3) is 0 Å². The molecular weight excluding hydrogens is 308 g/mol. The number of ether oxygens (including phenoxy) is 2. The summed E-state index contributed by atoms with van der Waals surface area (Å²) in [6.07, 6.45) is 1.38. The molecule has 2 aliphatic rings. The summed E-state index contributed by atoms with van der Waals surface area (Å²) >= 11 is 0. The summed E-state index contributed by atoms with van der Waals surface area (Å²) < 4.78 is 10.4. The molecule has 0 spiro atoms. The Hall–Kier alpha value is -2.24. The Morgan fingerprint density at radius 2 is 2.00 bits per heavy atom. The highest BCUT2D eigenvalue weighted by Gasteiger charge is 2.26. The summed E-state index contributed by atoms with van der Waals surface area (Å²) in [7, 11) is 0. The van der Waals surface area contributed by atoms with Crippen LogP contribution in [0.5, 0.6) is 0 Å². The van der Waals surface area contributed by atoms with E-state index in [1.807, 2.05) is 39.0 Å². The lowest BCUT2D eigenvalue weighted by molar-refractivity contribution is 0.0494. The summed E-state index contributed by atoms with van der Waals surface area (Å²) in [5, 5.41) is 2.94. The maximum atomic E-state index is 11.8. The van der Waals surface area contributed by atoms with Crippen LogP contribution >= 0.6 is 0 Å². The number of alkyl carbamates (subject to hydrolysis) is 1. The van der Waals surface area contributed by atoms with E-state index in [1.54, 1.807) is 0 Å². The van der Waals surface area contributed by atoms with Crippen LogP contribution in [-0.2, 0) is 16.1 Å². The number of nitrogens with one attached hydrogen (secondary N) is 1. The molecule has 0 aromatic heterocycles. The molecule has 0 atom stereocenters. The number of piperidine rings is 1. The summed E-state index contributed by atoms with van der Waals surface area (Å²) in [6, 6.07) is 5.97. The van der Waals surface area contributed by atoms with Gasteiger partial charge in [0.15, 0.2) is 0 Å². The molecule has 1 amide bonds. The number of amides is 1. The van der Waals surface area contributed by atoms with Gasteiger partial charge in [-0.25, -0.2) is 9.59 Å². The molecule has 2 heterocycles. The van der Waals surface area contributed by atoms with Gasteiger partial charge in [0.1, 0.15) is 12.2 Å². The van der Waals surface area contributed by atoms with Crippen molar-refractivity contribution in [2.75, 3.05) is 18.0 Å². The summed E-state index contributed by atoms with van der Waals surface area (Å²) in [6.45, 7) is 7.65. The molecule has 0 saturated carbocycles. The van der Waals surface area contributed by atoms with Crippen LogP contribution in [0.15, 0.2) is 18.2 Å². The van der Waals surface area contributed by atoms with Gasteiger partial charge < -0.3 is 19.7 Å². The van der Waals surface area contributed by atoms with Crippen molar-refractivity contribution in [2.24, 2.45) is 0 Å². The van der Waals surface area contributed by atoms with Gasteiger partial charge in [0, 0.05) is 30.4 Å². The van der Waals surface area contributed by atoms with Gasteiger partial charge in [-0.3, -0.25) is 0 Å². The number of esters is 1. The van der Waals surface area contributed by atoms with E-state index in [-0.39, 0.29) is 18.1 Å². The highest BCUT2D eigenvalue weighted by molar-refractivity contribution is 5.93. The molecule has 3 rings (SSSR count). The molecule has 0 aliphatic carbocycles. The van der Waals surface area contributed by atoms with Crippen LogP contribution in [0.4, 0.5) is 10.5 Å². The van der Waals surface area contributed by atoms with Crippen molar-refractivity contribution in [3.63, 3.8) is 0 Å². The first-order valence-electron chi connectivity index (χ1n) is 8.36. The van der Waals surface area contributed by atoms with E-state index in [9.17, 15) is 9.59 Å². The van der Waals surface area contributed by atoms with E-state index >= 15 is 0 Å². The average Bonchev–Trinajstić information content (AvgIpc) is 2.87. The summed E-state index contributed by atoms with van der Waals surface area (Å²) in [5.41, 5.74) is 2.24. The highest BCUT2D eigenvalue weighted by Crippen LogP contribution is 2.27. The lowest BCUT2D eigenvalue weighted by Crippen LogP contribution is -2.46. The van der Waals surface area contributed by atoms with Gasteiger partial charge in [-0.05, 0) is 51.8 Å². The number of anilines is 1. The quantitative estimate of drug-likeness (QED) is 0.844. The largest absolute Gasteiger partial charge is 0.457 e. The molecule has 6 heteroatoms. The first kappa shape index (κ1) is 16.6. The molecule has 6 nitrogen and oxygen atoms in total. The van der Waals surface area contributed by atoms with Crippen molar-refractivity contribution in [2.45, 2.75) is 51.9 Å². The minimum absolute atomic E-state index is 0.135. The molecule has 0 bridgehead atoms. The fourth-order valence-corrected chi connectivity index (χ4v) is 3.07. The fourth-order valence-electron chi connectivity index (χ4n) is 3.07. The SMILES string of the molecule is CC(C)(C)OC(=O)NC1CCN(c2ccc3c(c2)COC3=O)CC1. The molecule has 1 saturated heterocycles. The molecule has 1 fully saturated rings. The second-order valence-electron chi connectivity index (χ2n) is 7.33. The Kier molecular flexibility index (Phi) is 4.39. The van der Waals surface area contributed by atoms with Gasteiger partial charge in [-0.2, -0.15) is 0 Å². The number of hydrogen-bond acceptors (Lipinski definition) is 5. The summed E-state index contributed by atoms with van der Waals surface area (Å²) in [5.74, 6) is -0.239. The van der Waals surface area contributed by atoms with Crippen molar-refractivity contribution in [1.82, 2.24) is 5.32 Å². The number of carbonyl (C=O) groups is 2. The predicted molar refractivity (Wildman–Crippen MR) is 90.2 cm³/mol.